The van der Waals surface area contributed by atoms with Crippen LogP contribution >= 0.6 is 15.9 Å². The van der Waals surface area contributed by atoms with Crippen LogP contribution in [0, 0.1) is 19.7 Å². The second-order valence-corrected chi connectivity index (χ2v) is 5.69. The molecule has 2 rings (SSSR count). The van der Waals surface area contributed by atoms with Crippen molar-refractivity contribution in [2.24, 2.45) is 0 Å². The molecule has 2 nitrogen and oxygen atoms in total. The van der Waals surface area contributed by atoms with Gasteiger partial charge in [0.25, 0.3) is 0 Å². The molecule has 1 aliphatic rings. The molecular weight excluding hydrogens is 287 g/mol. The van der Waals surface area contributed by atoms with Gasteiger partial charge >= 0.3 is 5.97 Å². The van der Waals surface area contributed by atoms with Crippen LogP contribution in [0.15, 0.2) is 10.5 Å². The smallest absolute Gasteiger partial charge is 0.304 e. The largest absolute Gasteiger partial charge is 0.481 e. The van der Waals surface area contributed by atoms with Gasteiger partial charge in [-0.15, -0.1) is 0 Å². The lowest BCUT2D eigenvalue weighted by Crippen LogP contribution is -2.17. The fourth-order valence-electron chi connectivity index (χ4n) is 2.43. The highest BCUT2D eigenvalue weighted by atomic mass is 79.9. The molecule has 92 valence electrons. The molecule has 17 heavy (non-hydrogen) atoms. The number of aryl methyl sites for hydroxylation is 1. The van der Waals surface area contributed by atoms with E-state index < -0.39 is 11.4 Å². The Morgan fingerprint density at radius 2 is 2.12 bits per heavy atom. The van der Waals surface area contributed by atoms with Crippen molar-refractivity contribution in [2.45, 2.75) is 38.5 Å². The zero-order valence-corrected chi connectivity index (χ0v) is 11.4. The first-order valence-electron chi connectivity index (χ1n) is 5.55. The summed E-state index contributed by atoms with van der Waals surface area (Å²) in [5, 5.41) is 8.94. The van der Waals surface area contributed by atoms with Crippen molar-refractivity contribution in [1.82, 2.24) is 0 Å². The predicted molar refractivity (Wildman–Crippen MR) is 66.7 cm³/mol. The van der Waals surface area contributed by atoms with Gasteiger partial charge in [0.1, 0.15) is 5.82 Å². The second-order valence-electron chi connectivity index (χ2n) is 4.84. The molecule has 0 heterocycles. The molecule has 0 amide bonds. The number of aliphatic carboxylic acids is 1. The lowest BCUT2D eigenvalue weighted by molar-refractivity contribution is -0.137. The van der Waals surface area contributed by atoms with Gasteiger partial charge in [0.05, 0.1) is 10.9 Å². The van der Waals surface area contributed by atoms with Crippen molar-refractivity contribution in [1.29, 1.82) is 0 Å². The van der Waals surface area contributed by atoms with E-state index in [0.29, 0.717) is 10.0 Å². The normalized spacial score (nSPS) is 16.9. The van der Waals surface area contributed by atoms with Crippen molar-refractivity contribution in [3.8, 4) is 0 Å². The van der Waals surface area contributed by atoms with Gasteiger partial charge in [-0.05, 0) is 65.4 Å². The topological polar surface area (TPSA) is 37.3 Å². The molecule has 0 aliphatic heterocycles. The van der Waals surface area contributed by atoms with Crippen LogP contribution in [0.4, 0.5) is 4.39 Å². The van der Waals surface area contributed by atoms with Crippen molar-refractivity contribution in [3.05, 3.63) is 33.0 Å². The van der Waals surface area contributed by atoms with Crippen molar-refractivity contribution in [3.63, 3.8) is 0 Å². The van der Waals surface area contributed by atoms with Crippen LogP contribution in [0.25, 0.3) is 0 Å². The molecule has 1 aromatic rings. The van der Waals surface area contributed by atoms with E-state index in [4.69, 9.17) is 5.11 Å². The maximum absolute atomic E-state index is 14.2. The third-order valence-corrected chi connectivity index (χ3v) is 4.19. The SMILES string of the molecule is Cc1cc(Br)c(F)c(C2(CC(=O)O)CC2)c1C. The van der Waals surface area contributed by atoms with E-state index in [2.05, 4.69) is 15.9 Å². The lowest BCUT2D eigenvalue weighted by Gasteiger charge is -2.19. The molecule has 0 bridgehead atoms. The van der Waals surface area contributed by atoms with Gasteiger partial charge in [0, 0.05) is 5.41 Å². The number of rotatable bonds is 3. The van der Waals surface area contributed by atoms with Crippen molar-refractivity contribution in [2.75, 3.05) is 0 Å². The highest BCUT2D eigenvalue weighted by Gasteiger charge is 2.49. The number of halogens is 2. The average molecular weight is 301 g/mol. The summed E-state index contributed by atoms with van der Waals surface area (Å²) in [6.45, 7) is 3.78. The van der Waals surface area contributed by atoms with Crippen LogP contribution in [-0.2, 0) is 10.2 Å². The molecule has 1 saturated carbocycles. The quantitative estimate of drug-likeness (QED) is 0.924. The second kappa shape index (κ2) is 4.09. The molecule has 0 radical (unpaired) electrons. The monoisotopic (exact) mass is 300 g/mol. The van der Waals surface area contributed by atoms with Crippen LogP contribution in [0.3, 0.4) is 0 Å². The zero-order valence-electron chi connectivity index (χ0n) is 9.81. The number of carbonyl (C=O) groups is 1. The van der Waals surface area contributed by atoms with Crippen LogP contribution in [0.2, 0.25) is 0 Å². The zero-order chi connectivity index (χ0) is 12.8. The standard InChI is InChI=1S/C13H14BrFO2/c1-7-5-9(14)12(15)11(8(7)2)13(3-4-13)6-10(16)17/h5H,3-4,6H2,1-2H3,(H,16,17). The molecule has 1 fully saturated rings. The lowest BCUT2D eigenvalue weighted by atomic mass is 9.86. The molecule has 0 spiro atoms. The number of hydrogen-bond donors (Lipinski definition) is 1. The van der Waals surface area contributed by atoms with E-state index >= 15 is 0 Å². The summed E-state index contributed by atoms with van der Waals surface area (Å²) in [5.74, 6) is -1.16. The van der Waals surface area contributed by atoms with Crippen molar-refractivity contribution < 1.29 is 14.3 Å². The Labute approximate surface area is 108 Å². The molecule has 0 atom stereocenters. The molecule has 4 heteroatoms. The molecular formula is C13H14BrFO2. The first-order valence-corrected chi connectivity index (χ1v) is 6.34. The number of hydrogen-bond acceptors (Lipinski definition) is 1. The van der Waals surface area contributed by atoms with Crippen LogP contribution in [0.5, 0.6) is 0 Å². The Morgan fingerprint density at radius 1 is 1.53 bits per heavy atom. The van der Waals surface area contributed by atoms with E-state index in [9.17, 15) is 9.18 Å². The third-order valence-electron chi connectivity index (χ3n) is 3.61. The molecule has 1 aliphatic carbocycles. The minimum atomic E-state index is -0.862. The summed E-state index contributed by atoms with van der Waals surface area (Å²) in [7, 11) is 0. The summed E-state index contributed by atoms with van der Waals surface area (Å²) in [6, 6.07) is 1.74. The number of carboxylic acids is 1. The molecule has 0 saturated heterocycles. The van der Waals surface area contributed by atoms with Gasteiger partial charge in [-0.1, -0.05) is 0 Å². The summed E-state index contributed by atoms with van der Waals surface area (Å²) in [5.41, 5.74) is 1.98. The molecule has 1 N–H and O–H groups in total. The van der Waals surface area contributed by atoms with E-state index in [1.54, 1.807) is 6.07 Å². The highest BCUT2D eigenvalue weighted by molar-refractivity contribution is 9.10. The Bertz CT molecular complexity index is 466. The Balaban J connectivity index is 2.55. The molecule has 0 aromatic heterocycles. The maximum atomic E-state index is 14.2. The van der Waals surface area contributed by atoms with Gasteiger partial charge in [-0.2, -0.15) is 0 Å². The van der Waals surface area contributed by atoms with Crippen molar-refractivity contribution >= 4 is 21.9 Å². The minimum absolute atomic E-state index is 0.0145. The predicted octanol–water partition coefficient (Wildman–Crippen LogP) is 3.71. The van der Waals surface area contributed by atoms with E-state index in [0.717, 1.165) is 24.0 Å². The van der Waals surface area contributed by atoms with E-state index in [1.807, 2.05) is 13.8 Å². The number of carboxylic acid groups (broad SMARTS) is 1. The van der Waals surface area contributed by atoms with Gasteiger partial charge in [0.15, 0.2) is 0 Å². The summed E-state index contributed by atoms with van der Waals surface area (Å²) >= 11 is 3.20. The van der Waals surface area contributed by atoms with Crippen LogP contribution in [-0.4, -0.2) is 11.1 Å². The van der Waals surface area contributed by atoms with E-state index in [-0.39, 0.29) is 12.2 Å². The van der Waals surface area contributed by atoms with Gasteiger partial charge in [0.2, 0.25) is 0 Å². The summed E-state index contributed by atoms with van der Waals surface area (Å²) < 4.78 is 14.6. The Morgan fingerprint density at radius 3 is 2.59 bits per heavy atom. The maximum Gasteiger partial charge on any atom is 0.304 e. The van der Waals surface area contributed by atoms with Gasteiger partial charge in [-0.3, -0.25) is 4.79 Å². The summed E-state index contributed by atoms with van der Waals surface area (Å²) in [6.07, 6.45) is 1.53. The first-order chi connectivity index (χ1) is 7.87. The minimum Gasteiger partial charge on any atom is -0.481 e. The Hall–Kier alpha value is -0.900. The molecule has 1 aromatic carbocycles. The fraction of sp³-hybridized carbons (Fsp3) is 0.462. The van der Waals surface area contributed by atoms with E-state index in [1.165, 1.54) is 0 Å². The fourth-order valence-corrected chi connectivity index (χ4v) is 2.97. The van der Waals surface area contributed by atoms with Gasteiger partial charge in [-0.25, -0.2) is 4.39 Å². The van der Waals surface area contributed by atoms with Gasteiger partial charge < -0.3 is 5.11 Å². The summed E-state index contributed by atoms with van der Waals surface area (Å²) in [4.78, 5) is 10.9. The highest BCUT2D eigenvalue weighted by Crippen LogP contribution is 2.54. The first kappa shape index (κ1) is 12.6. The van der Waals surface area contributed by atoms with Crippen LogP contribution < -0.4 is 0 Å². The number of benzene rings is 1. The third kappa shape index (κ3) is 2.10. The average Bonchev–Trinajstić information content (AvgIpc) is 2.95. The Kier molecular flexibility index (Phi) is 3.02. The van der Waals surface area contributed by atoms with Crippen LogP contribution in [0.1, 0.15) is 36.0 Å². The molecule has 0 unspecified atom stereocenters.